The Balaban J connectivity index is 1.71. The van der Waals surface area contributed by atoms with E-state index in [1.54, 1.807) is 25.1 Å². The molecule has 0 fully saturated rings. The molecular formula is C29H31N3O3. The molecule has 3 aromatic carbocycles. The van der Waals surface area contributed by atoms with Crippen molar-refractivity contribution in [3.63, 3.8) is 0 Å². The minimum absolute atomic E-state index is 0.220. The molecule has 4 rings (SSSR count). The van der Waals surface area contributed by atoms with E-state index in [0.29, 0.717) is 35.2 Å². The average Bonchev–Trinajstić information content (AvgIpc) is 3.18. The molecule has 0 aliphatic carbocycles. The van der Waals surface area contributed by atoms with Gasteiger partial charge >= 0.3 is 5.97 Å². The molecule has 0 bridgehead atoms. The first-order valence-corrected chi connectivity index (χ1v) is 11.9. The zero-order valence-electron chi connectivity index (χ0n) is 20.6. The van der Waals surface area contributed by atoms with Crippen molar-refractivity contribution >= 4 is 34.5 Å². The van der Waals surface area contributed by atoms with Crippen LogP contribution in [0.1, 0.15) is 47.8 Å². The van der Waals surface area contributed by atoms with Gasteiger partial charge in [0.2, 0.25) is 0 Å². The number of amides is 1. The molecular weight excluding hydrogens is 438 g/mol. The van der Waals surface area contributed by atoms with Gasteiger partial charge in [0.1, 0.15) is 0 Å². The highest BCUT2D eigenvalue weighted by atomic mass is 16.5. The highest BCUT2D eigenvalue weighted by Gasteiger charge is 2.29. The molecule has 0 atom stereocenters. The van der Waals surface area contributed by atoms with Gasteiger partial charge in [0.25, 0.3) is 5.91 Å². The fourth-order valence-corrected chi connectivity index (χ4v) is 3.95. The van der Waals surface area contributed by atoms with Crippen LogP contribution in [0, 0.1) is 0 Å². The number of ether oxygens (including phenoxy) is 1. The quantitative estimate of drug-likeness (QED) is 0.330. The van der Waals surface area contributed by atoms with Crippen LogP contribution in [-0.2, 0) is 16.1 Å². The normalized spacial score (nSPS) is 14.1. The zero-order valence-corrected chi connectivity index (χ0v) is 20.6. The van der Waals surface area contributed by atoms with Crippen molar-refractivity contribution in [3.8, 4) is 0 Å². The molecule has 0 spiro atoms. The average molecular weight is 470 g/mol. The number of anilines is 2. The number of rotatable bonds is 8. The van der Waals surface area contributed by atoms with E-state index in [-0.39, 0.29) is 5.91 Å². The molecule has 180 valence electrons. The predicted octanol–water partition coefficient (Wildman–Crippen LogP) is 5.64. The molecule has 2 N–H and O–H groups in total. The van der Waals surface area contributed by atoms with Crippen LogP contribution in [0.3, 0.4) is 0 Å². The lowest BCUT2D eigenvalue weighted by atomic mass is 9.99. The van der Waals surface area contributed by atoms with Gasteiger partial charge in [0.05, 0.1) is 29.1 Å². The Bertz CT molecular complexity index is 1250. The summed E-state index contributed by atoms with van der Waals surface area (Å²) in [5.41, 5.74) is 5.98. The van der Waals surface area contributed by atoms with E-state index in [2.05, 4.69) is 48.6 Å². The summed E-state index contributed by atoms with van der Waals surface area (Å²) in [5, 5.41) is 6.40. The third-order valence-corrected chi connectivity index (χ3v) is 6.12. The lowest BCUT2D eigenvalue weighted by Gasteiger charge is -2.21. The Morgan fingerprint density at radius 1 is 1.00 bits per heavy atom. The largest absolute Gasteiger partial charge is 0.462 e. The van der Waals surface area contributed by atoms with Gasteiger partial charge in [-0.05, 0) is 63.2 Å². The molecule has 6 nitrogen and oxygen atoms in total. The van der Waals surface area contributed by atoms with E-state index < -0.39 is 5.97 Å². The Hall–Kier alpha value is -3.90. The maximum atomic E-state index is 13.2. The summed E-state index contributed by atoms with van der Waals surface area (Å²) >= 11 is 0. The number of fused-ring (bicyclic) bond motifs is 1. The maximum Gasteiger partial charge on any atom is 0.338 e. The lowest BCUT2D eigenvalue weighted by molar-refractivity contribution is -0.110. The molecule has 0 saturated heterocycles. The van der Waals surface area contributed by atoms with Gasteiger partial charge in [-0.15, -0.1) is 0 Å². The number of hydrogen-bond donors (Lipinski definition) is 2. The van der Waals surface area contributed by atoms with Crippen molar-refractivity contribution in [2.75, 3.05) is 24.3 Å². The van der Waals surface area contributed by atoms with Crippen molar-refractivity contribution in [1.82, 2.24) is 4.90 Å². The van der Waals surface area contributed by atoms with E-state index in [0.717, 1.165) is 23.4 Å². The summed E-state index contributed by atoms with van der Waals surface area (Å²) < 4.78 is 5.10. The van der Waals surface area contributed by atoms with Gasteiger partial charge in [-0.1, -0.05) is 48.5 Å². The lowest BCUT2D eigenvalue weighted by Crippen LogP contribution is -2.25. The highest BCUT2D eigenvalue weighted by Crippen LogP contribution is 2.38. The second-order valence-corrected chi connectivity index (χ2v) is 8.88. The summed E-state index contributed by atoms with van der Waals surface area (Å²) in [7, 11) is 2.11. The van der Waals surface area contributed by atoms with Crippen LogP contribution >= 0.6 is 0 Å². The zero-order chi connectivity index (χ0) is 24.9. The Morgan fingerprint density at radius 2 is 1.71 bits per heavy atom. The molecule has 35 heavy (non-hydrogen) atoms. The Labute approximate surface area is 206 Å². The third-order valence-electron chi connectivity index (χ3n) is 6.12. The van der Waals surface area contributed by atoms with Crippen LogP contribution in [0.25, 0.3) is 11.3 Å². The summed E-state index contributed by atoms with van der Waals surface area (Å²) in [6.45, 7) is 7.27. The Morgan fingerprint density at radius 3 is 2.37 bits per heavy atom. The molecule has 0 aromatic heterocycles. The number of carbonyl (C=O) groups excluding carboxylic acids is 2. The number of nitrogens with zero attached hydrogens (tertiary/aromatic N) is 1. The number of benzene rings is 3. The maximum absolute atomic E-state index is 13.2. The molecule has 0 radical (unpaired) electrons. The van der Waals surface area contributed by atoms with Gasteiger partial charge in [-0.2, -0.15) is 0 Å². The minimum atomic E-state index is -0.411. The van der Waals surface area contributed by atoms with Crippen molar-refractivity contribution in [3.05, 3.63) is 95.1 Å². The molecule has 1 aliphatic rings. The van der Waals surface area contributed by atoms with Gasteiger partial charge in [0.15, 0.2) is 0 Å². The number of hydrogen-bond acceptors (Lipinski definition) is 5. The van der Waals surface area contributed by atoms with Crippen LogP contribution in [0.4, 0.5) is 11.4 Å². The Kier molecular flexibility index (Phi) is 7.32. The van der Waals surface area contributed by atoms with E-state index in [1.165, 1.54) is 5.56 Å². The van der Waals surface area contributed by atoms with Crippen LogP contribution in [-0.4, -0.2) is 36.5 Å². The van der Waals surface area contributed by atoms with Gasteiger partial charge in [-0.25, -0.2) is 4.79 Å². The van der Waals surface area contributed by atoms with Crippen LogP contribution in [0.2, 0.25) is 0 Å². The molecule has 0 saturated carbocycles. The van der Waals surface area contributed by atoms with E-state index >= 15 is 0 Å². The second-order valence-electron chi connectivity index (χ2n) is 8.88. The second kappa shape index (κ2) is 10.6. The van der Waals surface area contributed by atoms with Gasteiger partial charge in [-0.3, -0.25) is 9.69 Å². The molecule has 1 amide bonds. The fraction of sp³-hybridized carbons (Fsp3) is 0.241. The molecule has 3 aromatic rings. The highest BCUT2D eigenvalue weighted by molar-refractivity contribution is 6.37. The van der Waals surface area contributed by atoms with Crippen molar-refractivity contribution in [2.24, 2.45) is 0 Å². The summed E-state index contributed by atoms with van der Waals surface area (Å²) in [5.74, 6) is -0.630. The van der Waals surface area contributed by atoms with Gasteiger partial charge < -0.3 is 15.4 Å². The minimum Gasteiger partial charge on any atom is -0.462 e. The number of carbonyl (C=O) groups is 2. The fourth-order valence-electron chi connectivity index (χ4n) is 3.95. The first kappa shape index (κ1) is 24.2. The number of esters is 1. The smallest absolute Gasteiger partial charge is 0.338 e. The summed E-state index contributed by atoms with van der Waals surface area (Å²) in [6, 6.07) is 23.7. The first-order chi connectivity index (χ1) is 16.9. The standard InChI is InChI=1S/C29H31N3O3/c1-5-35-29(34)22-13-16-24-25(17-22)31-28(33)26(24)27(21-9-7-6-8-10-21)30-23-14-11-20(12-15-23)18-32(4)19(2)3/h6-17,19,30H,5,18H2,1-4H3,(H,31,33)/b27-26-. The molecule has 0 unspecified atom stereocenters. The van der Waals surface area contributed by atoms with Crippen molar-refractivity contribution < 1.29 is 14.3 Å². The topological polar surface area (TPSA) is 70.7 Å². The number of nitrogens with one attached hydrogen (secondary N) is 2. The summed E-state index contributed by atoms with van der Waals surface area (Å²) in [6.07, 6.45) is 0. The molecule has 1 heterocycles. The van der Waals surface area contributed by atoms with Crippen molar-refractivity contribution in [2.45, 2.75) is 33.4 Å². The van der Waals surface area contributed by atoms with Crippen LogP contribution in [0.15, 0.2) is 72.8 Å². The van der Waals surface area contributed by atoms with E-state index in [4.69, 9.17) is 4.74 Å². The van der Waals surface area contributed by atoms with E-state index in [9.17, 15) is 9.59 Å². The molecule has 6 heteroatoms. The van der Waals surface area contributed by atoms with E-state index in [1.807, 2.05) is 42.5 Å². The van der Waals surface area contributed by atoms with Gasteiger partial charge in [0, 0.05) is 23.8 Å². The van der Waals surface area contributed by atoms with Crippen LogP contribution < -0.4 is 10.6 Å². The van der Waals surface area contributed by atoms with Crippen molar-refractivity contribution in [1.29, 1.82) is 0 Å². The third kappa shape index (κ3) is 5.44. The SMILES string of the molecule is CCOC(=O)c1ccc2c(c1)NC(=O)/C2=C(\Nc1ccc(CN(C)C(C)C)cc1)c1ccccc1. The first-order valence-electron chi connectivity index (χ1n) is 11.9. The molecule has 1 aliphatic heterocycles. The monoisotopic (exact) mass is 469 g/mol. The predicted molar refractivity (Wildman–Crippen MR) is 141 cm³/mol. The summed E-state index contributed by atoms with van der Waals surface area (Å²) in [4.78, 5) is 27.6. The van der Waals surface area contributed by atoms with Crippen LogP contribution in [0.5, 0.6) is 0 Å².